The monoisotopic (exact) mass is 365 g/mol. The molecule has 3 rings (SSSR count). The van der Waals surface area contributed by atoms with Gasteiger partial charge in [0.25, 0.3) is 0 Å². The van der Waals surface area contributed by atoms with Gasteiger partial charge in [-0.25, -0.2) is 4.79 Å². The Hall–Kier alpha value is -2.81. The molecule has 0 aliphatic carbocycles. The molecule has 1 amide bonds. The normalized spacial score (nSPS) is 21.9. The molecular formula is C22H23NO4. The first-order valence-electron chi connectivity index (χ1n) is 8.99. The summed E-state index contributed by atoms with van der Waals surface area (Å²) in [7, 11) is 0. The molecule has 1 fully saturated rings. The second-order valence-corrected chi connectivity index (χ2v) is 6.53. The van der Waals surface area contributed by atoms with E-state index in [4.69, 9.17) is 9.84 Å². The zero-order valence-corrected chi connectivity index (χ0v) is 15.0. The minimum absolute atomic E-state index is 0.165. The number of amides is 1. The Balaban J connectivity index is 1.86. The molecule has 2 aromatic rings. The molecule has 2 N–H and O–H groups in total. The molecule has 1 heterocycles. The quantitative estimate of drug-likeness (QED) is 0.821. The molecule has 0 bridgehead atoms. The third kappa shape index (κ3) is 4.48. The SMILES string of the molecule is O=C(OCc1ccccc1)N1CCC[C@@](O)(C#CCO)[C@@H]1c1ccccc1. The minimum atomic E-state index is -1.44. The molecule has 1 aliphatic heterocycles. The fourth-order valence-electron chi connectivity index (χ4n) is 3.46. The molecule has 0 unspecified atom stereocenters. The first-order valence-corrected chi connectivity index (χ1v) is 8.99. The smallest absolute Gasteiger partial charge is 0.410 e. The van der Waals surface area contributed by atoms with E-state index in [9.17, 15) is 9.90 Å². The maximum absolute atomic E-state index is 12.8. The van der Waals surface area contributed by atoms with Gasteiger partial charge in [-0.2, -0.15) is 0 Å². The maximum Gasteiger partial charge on any atom is 0.410 e. The molecule has 140 valence electrons. The Bertz CT molecular complexity index is 812. The van der Waals surface area contributed by atoms with Crippen LogP contribution in [-0.2, 0) is 11.3 Å². The minimum Gasteiger partial charge on any atom is -0.445 e. The van der Waals surface area contributed by atoms with Crippen molar-refractivity contribution >= 4 is 6.09 Å². The topological polar surface area (TPSA) is 70.0 Å². The van der Waals surface area contributed by atoms with E-state index in [2.05, 4.69) is 11.8 Å². The molecule has 0 radical (unpaired) electrons. The number of hydrogen-bond donors (Lipinski definition) is 2. The van der Waals surface area contributed by atoms with Crippen LogP contribution in [0.15, 0.2) is 60.7 Å². The molecule has 1 saturated heterocycles. The Morgan fingerprint density at radius 1 is 1.15 bits per heavy atom. The molecule has 0 aromatic heterocycles. The average Bonchev–Trinajstić information content (AvgIpc) is 2.71. The lowest BCUT2D eigenvalue weighted by atomic mass is 9.81. The average molecular weight is 365 g/mol. The number of aliphatic hydroxyl groups is 2. The number of carbonyl (C=O) groups excluding carboxylic acids is 1. The van der Waals surface area contributed by atoms with Gasteiger partial charge in [0.15, 0.2) is 0 Å². The molecular weight excluding hydrogens is 342 g/mol. The van der Waals surface area contributed by atoms with Gasteiger partial charge in [-0.3, -0.25) is 4.90 Å². The van der Waals surface area contributed by atoms with Crippen LogP contribution in [0.5, 0.6) is 0 Å². The Labute approximate surface area is 159 Å². The lowest BCUT2D eigenvalue weighted by molar-refractivity contribution is -0.0394. The number of benzene rings is 2. The second-order valence-electron chi connectivity index (χ2n) is 6.53. The number of ether oxygens (including phenoxy) is 1. The van der Waals surface area contributed by atoms with Gasteiger partial charge in [0.05, 0.1) is 0 Å². The number of carbonyl (C=O) groups is 1. The van der Waals surface area contributed by atoms with E-state index >= 15 is 0 Å². The summed E-state index contributed by atoms with van der Waals surface area (Å²) in [6, 6.07) is 18.1. The van der Waals surface area contributed by atoms with Crippen LogP contribution in [0.4, 0.5) is 4.79 Å². The molecule has 5 nitrogen and oxygen atoms in total. The van der Waals surface area contributed by atoms with Crippen molar-refractivity contribution < 1.29 is 19.7 Å². The van der Waals surface area contributed by atoms with E-state index in [1.165, 1.54) is 4.90 Å². The fourth-order valence-corrected chi connectivity index (χ4v) is 3.46. The lowest BCUT2D eigenvalue weighted by Gasteiger charge is -2.44. The summed E-state index contributed by atoms with van der Waals surface area (Å²) in [6.07, 6.45) is 0.527. The number of piperidine rings is 1. The highest BCUT2D eigenvalue weighted by Gasteiger charge is 2.45. The van der Waals surface area contributed by atoms with Crippen molar-refractivity contribution in [2.45, 2.75) is 31.1 Å². The Morgan fingerprint density at radius 2 is 1.81 bits per heavy atom. The van der Waals surface area contributed by atoms with Gasteiger partial charge in [-0.15, -0.1) is 0 Å². The van der Waals surface area contributed by atoms with E-state index in [-0.39, 0.29) is 13.2 Å². The van der Waals surface area contributed by atoms with Crippen LogP contribution in [0.1, 0.15) is 30.0 Å². The van der Waals surface area contributed by atoms with Gasteiger partial charge in [0.2, 0.25) is 0 Å². The van der Waals surface area contributed by atoms with Crippen LogP contribution in [0.2, 0.25) is 0 Å². The molecule has 5 heteroatoms. The number of nitrogens with zero attached hydrogens (tertiary/aromatic N) is 1. The molecule has 2 aromatic carbocycles. The third-order valence-corrected chi connectivity index (χ3v) is 4.66. The summed E-state index contributed by atoms with van der Waals surface area (Å²) >= 11 is 0. The fraction of sp³-hybridized carbons (Fsp3) is 0.318. The van der Waals surface area contributed by atoms with E-state index < -0.39 is 17.7 Å². The first-order chi connectivity index (χ1) is 13.1. The predicted molar refractivity (Wildman–Crippen MR) is 102 cm³/mol. The standard InChI is InChI=1S/C22H23NO4/c24-16-8-14-22(26)13-7-15-23(20(22)19-11-5-2-6-12-19)21(25)27-17-18-9-3-1-4-10-18/h1-6,9-12,20,24,26H,7,13,15-17H2/t20-,22+/m0/s1. The van der Waals surface area contributed by atoms with Crippen LogP contribution in [0.3, 0.4) is 0 Å². The molecule has 0 saturated carbocycles. The Morgan fingerprint density at radius 3 is 2.48 bits per heavy atom. The van der Waals surface area contributed by atoms with Crippen molar-refractivity contribution in [3.8, 4) is 11.8 Å². The highest BCUT2D eigenvalue weighted by atomic mass is 16.6. The van der Waals surface area contributed by atoms with Crippen LogP contribution >= 0.6 is 0 Å². The predicted octanol–water partition coefficient (Wildman–Crippen LogP) is 2.89. The summed E-state index contributed by atoms with van der Waals surface area (Å²) in [6.45, 7) is 0.289. The summed E-state index contributed by atoms with van der Waals surface area (Å²) in [5.41, 5.74) is 0.242. The van der Waals surface area contributed by atoms with Gasteiger partial charge >= 0.3 is 6.09 Å². The molecule has 2 atom stereocenters. The number of hydrogen-bond acceptors (Lipinski definition) is 4. The van der Waals surface area contributed by atoms with Crippen molar-refractivity contribution in [2.75, 3.05) is 13.2 Å². The van der Waals surface area contributed by atoms with Gasteiger partial charge < -0.3 is 14.9 Å². The second kappa shape index (κ2) is 8.72. The van der Waals surface area contributed by atoms with Gasteiger partial charge in [-0.05, 0) is 24.0 Å². The van der Waals surface area contributed by atoms with Crippen LogP contribution in [0, 0.1) is 11.8 Å². The Kier molecular flexibility index (Phi) is 6.12. The van der Waals surface area contributed by atoms with E-state index in [1.54, 1.807) is 0 Å². The van der Waals surface area contributed by atoms with Gasteiger partial charge in [0.1, 0.15) is 24.9 Å². The molecule has 27 heavy (non-hydrogen) atoms. The highest BCUT2D eigenvalue weighted by molar-refractivity contribution is 5.69. The number of rotatable bonds is 3. The largest absolute Gasteiger partial charge is 0.445 e. The van der Waals surface area contributed by atoms with Crippen molar-refractivity contribution in [2.24, 2.45) is 0 Å². The number of likely N-dealkylation sites (tertiary alicyclic amines) is 1. The van der Waals surface area contributed by atoms with Crippen LogP contribution in [-0.4, -0.2) is 40.0 Å². The van der Waals surface area contributed by atoms with Gasteiger partial charge in [0, 0.05) is 6.54 Å². The maximum atomic E-state index is 12.8. The van der Waals surface area contributed by atoms with Crippen LogP contribution < -0.4 is 0 Å². The van der Waals surface area contributed by atoms with Crippen molar-refractivity contribution in [1.82, 2.24) is 4.90 Å². The molecule has 1 aliphatic rings. The zero-order valence-electron chi connectivity index (χ0n) is 15.0. The lowest BCUT2D eigenvalue weighted by Crippen LogP contribution is -2.52. The van der Waals surface area contributed by atoms with E-state index in [1.807, 2.05) is 60.7 Å². The molecule has 0 spiro atoms. The van der Waals surface area contributed by atoms with E-state index in [0.29, 0.717) is 19.4 Å². The van der Waals surface area contributed by atoms with Crippen molar-refractivity contribution in [3.05, 3.63) is 71.8 Å². The highest BCUT2D eigenvalue weighted by Crippen LogP contribution is 2.39. The summed E-state index contributed by atoms with van der Waals surface area (Å²) in [5.74, 6) is 5.31. The van der Waals surface area contributed by atoms with Gasteiger partial charge in [-0.1, -0.05) is 72.5 Å². The summed E-state index contributed by atoms with van der Waals surface area (Å²) in [5, 5.41) is 20.2. The van der Waals surface area contributed by atoms with E-state index in [0.717, 1.165) is 11.1 Å². The number of aliphatic hydroxyl groups excluding tert-OH is 1. The van der Waals surface area contributed by atoms with Crippen molar-refractivity contribution in [1.29, 1.82) is 0 Å². The summed E-state index contributed by atoms with van der Waals surface area (Å²) < 4.78 is 5.50. The van der Waals surface area contributed by atoms with Crippen LogP contribution in [0.25, 0.3) is 0 Å². The zero-order chi connectivity index (χ0) is 19.1. The third-order valence-electron chi connectivity index (χ3n) is 4.66. The first kappa shape index (κ1) is 19.0. The van der Waals surface area contributed by atoms with Crippen molar-refractivity contribution in [3.63, 3.8) is 0 Å². The summed E-state index contributed by atoms with van der Waals surface area (Å²) in [4.78, 5) is 14.3.